The summed E-state index contributed by atoms with van der Waals surface area (Å²) in [5.41, 5.74) is 7.64. The van der Waals surface area contributed by atoms with Crippen molar-refractivity contribution in [1.82, 2.24) is 10.3 Å². The summed E-state index contributed by atoms with van der Waals surface area (Å²) in [4.78, 5) is 4.09. The highest BCUT2D eigenvalue weighted by atomic mass is 32.2. The molecule has 1 aromatic rings. The Hall–Kier alpha value is -1.14. The third-order valence-corrected chi connectivity index (χ3v) is 5.48. The second-order valence-electron chi connectivity index (χ2n) is 5.11. The van der Waals surface area contributed by atoms with Crippen molar-refractivity contribution in [3.8, 4) is 0 Å². The number of nitrogens with one attached hydrogen (secondary N) is 1. The molecule has 2 atom stereocenters. The Bertz CT molecular complexity index is 530. The molecule has 0 amide bonds. The van der Waals surface area contributed by atoms with Crippen LogP contribution < -0.4 is 11.1 Å². The summed E-state index contributed by atoms with van der Waals surface area (Å²) < 4.78 is 23.2. The van der Waals surface area contributed by atoms with Gasteiger partial charge in [-0.25, -0.2) is 8.42 Å². The molecule has 1 saturated heterocycles. The molecule has 1 aliphatic heterocycles. The molecule has 3 N–H and O–H groups in total. The fourth-order valence-corrected chi connectivity index (χ4v) is 4.53. The van der Waals surface area contributed by atoms with Gasteiger partial charge in [0.05, 0.1) is 11.5 Å². The lowest BCUT2D eigenvalue weighted by atomic mass is 9.93. The number of sulfone groups is 1. The standard InChI is InChI=1S/C13H21N3O2S/c1-2-16-13(10-4-6-19(17,18)9-10)7-11-8-15-5-3-12(11)14/h3,5,8,10,13,16H,2,4,6-7,9H2,1H3,(H2,14,15). The number of aromatic nitrogens is 1. The minimum absolute atomic E-state index is 0.147. The highest BCUT2D eigenvalue weighted by molar-refractivity contribution is 7.91. The molecule has 2 heterocycles. The SMILES string of the molecule is CCNC(Cc1cnccc1N)C1CCS(=O)(=O)C1. The van der Waals surface area contributed by atoms with E-state index in [1.165, 1.54) is 0 Å². The highest BCUT2D eigenvalue weighted by Crippen LogP contribution is 2.25. The predicted molar refractivity (Wildman–Crippen MR) is 76.6 cm³/mol. The van der Waals surface area contributed by atoms with E-state index < -0.39 is 9.84 Å². The Labute approximate surface area is 114 Å². The molecule has 1 aliphatic rings. The van der Waals surface area contributed by atoms with Crippen LogP contribution in [0.1, 0.15) is 18.9 Å². The first-order valence-electron chi connectivity index (χ1n) is 6.64. The second kappa shape index (κ2) is 5.88. The van der Waals surface area contributed by atoms with E-state index in [0.717, 1.165) is 30.6 Å². The van der Waals surface area contributed by atoms with Crippen molar-refractivity contribution in [3.05, 3.63) is 24.0 Å². The Kier molecular flexibility index (Phi) is 4.42. The van der Waals surface area contributed by atoms with Gasteiger partial charge in [0.15, 0.2) is 9.84 Å². The van der Waals surface area contributed by atoms with Gasteiger partial charge in [-0.3, -0.25) is 4.98 Å². The molecular formula is C13H21N3O2S. The summed E-state index contributed by atoms with van der Waals surface area (Å²) in [6, 6.07) is 1.93. The van der Waals surface area contributed by atoms with Crippen LogP contribution in [-0.2, 0) is 16.3 Å². The summed E-state index contributed by atoms with van der Waals surface area (Å²) in [5, 5.41) is 3.39. The van der Waals surface area contributed by atoms with Crippen LogP contribution in [0.2, 0.25) is 0 Å². The summed E-state index contributed by atoms with van der Waals surface area (Å²) >= 11 is 0. The van der Waals surface area contributed by atoms with E-state index in [-0.39, 0.29) is 17.7 Å². The van der Waals surface area contributed by atoms with Gasteiger partial charge in [-0.05, 0) is 36.9 Å². The van der Waals surface area contributed by atoms with E-state index in [1.54, 1.807) is 18.5 Å². The zero-order valence-corrected chi connectivity index (χ0v) is 12.0. The molecule has 1 aromatic heterocycles. The van der Waals surface area contributed by atoms with Crippen molar-refractivity contribution in [2.75, 3.05) is 23.8 Å². The molecule has 0 saturated carbocycles. The van der Waals surface area contributed by atoms with Crippen LogP contribution in [0.3, 0.4) is 0 Å². The molecule has 0 bridgehead atoms. The van der Waals surface area contributed by atoms with Gasteiger partial charge in [0.25, 0.3) is 0 Å². The first-order chi connectivity index (χ1) is 9.02. The monoisotopic (exact) mass is 283 g/mol. The molecular weight excluding hydrogens is 262 g/mol. The van der Waals surface area contributed by atoms with E-state index >= 15 is 0 Å². The van der Waals surface area contributed by atoms with Gasteiger partial charge in [0.2, 0.25) is 0 Å². The minimum Gasteiger partial charge on any atom is -0.398 e. The number of hydrogen-bond donors (Lipinski definition) is 2. The Morgan fingerprint density at radius 2 is 2.37 bits per heavy atom. The fraction of sp³-hybridized carbons (Fsp3) is 0.615. The lowest BCUT2D eigenvalue weighted by molar-refractivity contribution is 0.386. The van der Waals surface area contributed by atoms with Gasteiger partial charge < -0.3 is 11.1 Å². The van der Waals surface area contributed by atoms with Gasteiger partial charge in [0.1, 0.15) is 0 Å². The van der Waals surface area contributed by atoms with Crippen LogP contribution in [0.15, 0.2) is 18.5 Å². The normalized spacial score (nSPS) is 23.3. The zero-order chi connectivity index (χ0) is 13.9. The van der Waals surface area contributed by atoms with Crippen molar-refractivity contribution in [3.63, 3.8) is 0 Å². The van der Waals surface area contributed by atoms with Crippen molar-refractivity contribution in [2.24, 2.45) is 5.92 Å². The van der Waals surface area contributed by atoms with Crippen LogP contribution in [0.25, 0.3) is 0 Å². The number of nitrogens with two attached hydrogens (primary N) is 1. The van der Waals surface area contributed by atoms with Crippen LogP contribution in [0, 0.1) is 5.92 Å². The third kappa shape index (κ3) is 3.67. The number of nitrogen functional groups attached to an aromatic ring is 1. The summed E-state index contributed by atoms with van der Waals surface area (Å²) in [5.74, 6) is 0.761. The summed E-state index contributed by atoms with van der Waals surface area (Å²) in [6.07, 6.45) is 4.90. The topological polar surface area (TPSA) is 85.1 Å². The minimum atomic E-state index is -2.85. The number of hydrogen-bond acceptors (Lipinski definition) is 5. The third-order valence-electron chi connectivity index (χ3n) is 3.68. The van der Waals surface area contributed by atoms with Gasteiger partial charge in [-0.1, -0.05) is 6.92 Å². The fourth-order valence-electron chi connectivity index (χ4n) is 2.65. The maximum absolute atomic E-state index is 11.6. The van der Waals surface area contributed by atoms with E-state index in [2.05, 4.69) is 10.3 Å². The summed E-state index contributed by atoms with van der Waals surface area (Å²) in [6.45, 7) is 2.85. The number of anilines is 1. The highest BCUT2D eigenvalue weighted by Gasteiger charge is 2.33. The van der Waals surface area contributed by atoms with Gasteiger partial charge in [0, 0.05) is 24.1 Å². The van der Waals surface area contributed by atoms with Crippen molar-refractivity contribution >= 4 is 15.5 Å². The molecule has 6 heteroatoms. The Morgan fingerprint density at radius 3 is 2.95 bits per heavy atom. The molecule has 2 rings (SSSR count). The molecule has 2 unspecified atom stereocenters. The maximum Gasteiger partial charge on any atom is 0.150 e. The molecule has 19 heavy (non-hydrogen) atoms. The Balaban J connectivity index is 2.11. The molecule has 0 aromatic carbocycles. The molecule has 0 aliphatic carbocycles. The van der Waals surface area contributed by atoms with Crippen molar-refractivity contribution in [1.29, 1.82) is 0 Å². The largest absolute Gasteiger partial charge is 0.398 e. The lowest BCUT2D eigenvalue weighted by Crippen LogP contribution is -2.38. The van der Waals surface area contributed by atoms with Crippen molar-refractivity contribution in [2.45, 2.75) is 25.8 Å². The smallest absolute Gasteiger partial charge is 0.150 e. The quantitative estimate of drug-likeness (QED) is 0.827. The molecule has 106 valence electrons. The maximum atomic E-state index is 11.6. The van der Waals surface area contributed by atoms with Crippen molar-refractivity contribution < 1.29 is 8.42 Å². The average molecular weight is 283 g/mol. The van der Waals surface area contributed by atoms with Gasteiger partial charge in [-0.15, -0.1) is 0 Å². The number of rotatable bonds is 5. The van der Waals surface area contributed by atoms with E-state index in [9.17, 15) is 8.42 Å². The van der Waals surface area contributed by atoms with Crippen LogP contribution in [0.5, 0.6) is 0 Å². The molecule has 0 spiro atoms. The van der Waals surface area contributed by atoms with E-state index in [1.807, 2.05) is 6.92 Å². The molecule has 0 radical (unpaired) electrons. The van der Waals surface area contributed by atoms with E-state index in [0.29, 0.717) is 5.75 Å². The zero-order valence-electron chi connectivity index (χ0n) is 11.2. The number of likely N-dealkylation sites (N-methyl/N-ethyl adjacent to an activating group) is 1. The Morgan fingerprint density at radius 1 is 1.58 bits per heavy atom. The van der Waals surface area contributed by atoms with Crippen LogP contribution in [0.4, 0.5) is 5.69 Å². The second-order valence-corrected chi connectivity index (χ2v) is 7.33. The summed E-state index contributed by atoms with van der Waals surface area (Å²) in [7, 11) is -2.85. The molecule has 5 nitrogen and oxygen atoms in total. The van der Waals surface area contributed by atoms with Gasteiger partial charge in [-0.2, -0.15) is 0 Å². The first-order valence-corrected chi connectivity index (χ1v) is 8.46. The predicted octanol–water partition coefficient (Wildman–Crippen LogP) is 0.619. The molecule has 1 fully saturated rings. The van der Waals surface area contributed by atoms with Crippen LogP contribution in [-0.4, -0.2) is 37.5 Å². The lowest BCUT2D eigenvalue weighted by Gasteiger charge is -2.24. The number of pyridine rings is 1. The van der Waals surface area contributed by atoms with Gasteiger partial charge >= 0.3 is 0 Å². The van der Waals surface area contributed by atoms with E-state index in [4.69, 9.17) is 5.73 Å². The van der Waals surface area contributed by atoms with Crippen LogP contribution >= 0.6 is 0 Å². The average Bonchev–Trinajstić information content (AvgIpc) is 2.72. The number of nitrogens with zero attached hydrogens (tertiary/aromatic N) is 1. The first kappa shape index (κ1) is 14.3.